The molecule has 1 aliphatic heterocycles. The van der Waals surface area contributed by atoms with Gasteiger partial charge in [0.05, 0.1) is 5.94 Å². The van der Waals surface area contributed by atoms with E-state index in [-0.39, 0.29) is 44.0 Å². The quantitative estimate of drug-likeness (QED) is 0.177. The molecule has 0 aromatic heterocycles. The van der Waals surface area contributed by atoms with E-state index in [2.05, 4.69) is 10.6 Å². The van der Waals surface area contributed by atoms with Crippen LogP contribution in [0.3, 0.4) is 0 Å². The largest absolute Gasteiger partial charge is 1.00 e. The van der Waals surface area contributed by atoms with Gasteiger partial charge in [-0.05, 0) is 36.8 Å². The monoisotopic (exact) mass is 549 g/mol. The van der Waals surface area contributed by atoms with Crippen LogP contribution in [-0.4, -0.2) is 78.3 Å². The van der Waals surface area contributed by atoms with Gasteiger partial charge >= 0.3 is 42.8 Å². The average Bonchev–Trinajstić information content (AvgIpc) is 3.42. The molecule has 1 aliphatic rings. The van der Waals surface area contributed by atoms with E-state index in [4.69, 9.17) is 9.47 Å². The Kier molecular flexibility index (Phi) is 14.6. The zero-order valence-electron chi connectivity index (χ0n) is 23.6. The van der Waals surface area contributed by atoms with Crippen molar-refractivity contribution in [1.82, 2.24) is 15.5 Å². The molecule has 2 aromatic rings. The number of ether oxygens (including phenoxy) is 2. The third-order valence-corrected chi connectivity index (χ3v) is 6.48. The van der Waals surface area contributed by atoms with Crippen molar-refractivity contribution in [2.75, 3.05) is 20.3 Å². The summed E-state index contributed by atoms with van der Waals surface area (Å²) in [6, 6.07) is 16.8. The molecule has 12 heteroatoms. The maximum absolute atomic E-state index is 13.7. The van der Waals surface area contributed by atoms with Crippen LogP contribution in [0.1, 0.15) is 38.2 Å². The molecule has 10 nitrogen and oxygen atoms in total. The minimum Gasteiger partial charge on any atom is -1.00 e. The SMILES string of the molecule is COCCC[C@H](NC(=O)[C@@H]1CCCN1C(=O)[C@@H](Cc1ccccc1)NC(=O)OCc1ccccc1)B(O)O.[H-].[Na+]. The molecule has 4 N–H and O–H groups in total. The number of amides is 3. The first kappa shape index (κ1) is 32.8. The smallest absolute Gasteiger partial charge is 1.00 e. The number of methoxy groups -OCH3 is 1. The Morgan fingerprint density at radius 1 is 1.05 bits per heavy atom. The molecule has 206 valence electrons. The maximum atomic E-state index is 13.7. The van der Waals surface area contributed by atoms with Gasteiger partial charge in [-0.15, -0.1) is 0 Å². The molecule has 3 atom stereocenters. The fourth-order valence-corrected chi connectivity index (χ4v) is 4.48. The van der Waals surface area contributed by atoms with Crippen molar-refractivity contribution in [1.29, 1.82) is 0 Å². The van der Waals surface area contributed by atoms with E-state index < -0.39 is 43.1 Å². The first-order valence-corrected chi connectivity index (χ1v) is 12.9. The molecule has 39 heavy (non-hydrogen) atoms. The molecule has 3 amide bonds. The Bertz CT molecular complexity index is 1040. The Hall–Kier alpha value is -2.41. The summed E-state index contributed by atoms with van der Waals surface area (Å²) in [5, 5.41) is 24.8. The normalized spacial score (nSPS) is 16.0. The standard InChI is InChI=1S/C27H36BN3O7.Na.H/c1-37-17-9-15-24(28(35)36)30-25(32)23-14-8-16-31(23)26(33)22(18-20-10-4-2-5-11-20)29-27(34)38-19-21-12-6-3-7-13-21;;/h2-7,10-13,22-24,35-36H,8-9,14-19H2,1H3,(H,29,34)(H,30,32);;/q;+1;-1/t22-,23+,24+;;/m1../s1. The molecular weight excluding hydrogens is 512 g/mol. The van der Waals surface area contributed by atoms with Crippen molar-refractivity contribution in [2.45, 2.75) is 56.7 Å². The number of nitrogens with one attached hydrogen (secondary N) is 2. The first-order valence-electron chi connectivity index (χ1n) is 12.9. The fourth-order valence-electron chi connectivity index (χ4n) is 4.48. The number of hydrogen-bond donors (Lipinski definition) is 4. The Morgan fingerprint density at radius 2 is 1.69 bits per heavy atom. The van der Waals surface area contributed by atoms with Gasteiger partial charge in [-0.25, -0.2) is 4.79 Å². The molecule has 1 fully saturated rings. The number of rotatable bonds is 13. The van der Waals surface area contributed by atoms with Crippen LogP contribution in [0.25, 0.3) is 0 Å². The minimum atomic E-state index is -1.74. The second kappa shape index (κ2) is 17.3. The first-order chi connectivity index (χ1) is 18.4. The molecule has 0 bridgehead atoms. The van der Waals surface area contributed by atoms with Crippen molar-refractivity contribution >= 4 is 25.0 Å². The number of carbonyl (C=O) groups excluding carboxylic acids is 3. The molecule has 0 radical (unpaired) electrons. The molecule has 3 rings (SSSR count). The van der Waals surface area contributed by atoms with E-state index in [1.807, 2.05) is 60.7 Å². The summed E-state index contributed by atoms with van der Waals surface area (Å²) in [5.74, 6) is -1.75. The van der Waals surface area contributed by atoms with Crippen LogP contribution in [-0.2, 0) is 32.1 Å². The zero-order chi connectivity index (χ0) is 27.3. The fraction of sp³-hybridized carbons (Fsp3) is 0.444. The molecular formula is C27H37BN3NaO7. The molecule has 1 heterocycles. The van der Waals surface area contributed by atoms with E-state index in [1.165, 1.54) is 4.90 Å². The second-order valence-corrected chi connectivity index (χ2v) is 9.30. The number of hydrogen-bond acceptors (Lipinski definition) is 7. The third kappa shape index (κ3) is 10.6. The van der Waals surface area contributed by atoms with Gasteiger partial charge in [0.2, 0.25) is 11.8 Å². The maximum Gasteiger partial charge on any atom is 1.00 e. The summed E-state index contributed by atoms with van der Waals surface area (Å²) in [4.78, 5) is 40.9. The van der Waals surface area contributed by atoms with Gasteiger partial charge in [-0.3, -0.25) is 9.59 Å². The van der Waals surface area contributed by atoms with Crippen molar-refractivity contribution in [3.63, 3.8) is 0 Å². The number of nitrogens with zero attached hydrogens (tertiary/aromatic N) is 1. The summed E-state index contributed by atoms with van der Waals surface area (Å²) in [6.45, 7) is 0.820. The van der Waals surface area contributed by atoms with Crippen LogP contribution in [0.2, 0.25) is 0 Å². The van der Waals surface area contributed by atoms with Crippen LogP contribution in [0.4, 0.5) is 4.79 Å². The summed E-state index contributed by atoms with van der Waals surface area (Å²) in [6.07, 6.45) is 1.37. The van der Waals surface area contributed by atoms with Crippen LogP contribution in [0, 0.1) is 0 Å². The third-order valence-electron chi connectivity index (χ3n) is 6.48. The van der Waals surface area contributed by atoms with Crippen LogP contribution < -0.4 is 40.2 Å². The molecule has 0 saturated carbocycles. The minimum absolute atomic E-state index is 0. The Morgan fingerprint density at radius 3 is 2.31 bits per heavy atom. The van der Waals surface area contributed by atoms with Crippen molar-refractivity contribution in [3.8, 4) is 0 Å². The topological polar surface area (TPSA) is 137 Å². The molecule has 1 saturated heterocycles. The van der Waals surface area contributed by atoms with Gasteiger partial charge < -0.3 is 36.5 Å². The van der Waals surface area contributed by atoms with Crippen LogP contribution in [0.15, 0.2) is 60.7 Å². The molecule has 0 spiro atoms. The van der Waals surface area contributed by atoms with Gasteiger partial charge in [0.25, 0.3) is 0 Å². The molecule has 0 unspecified atom stereocenters. The second-order valence-electron chi connectivity index (χ2n) is 9.30. The Labute approximate surface area is 253 Å². The van der Waals surface area contributed by atoms with Crippen molar-refractivity contribution in [3.05, 3.63) is 71.8 Å². The Balaban J connectivity index is 0.00000400. The number of carbonyl (C=O) groups is 3. The number of likely N-dealkylation sites (tertiary alicyclic amines) is 1. The predicted octanol–water partition coefficient (Wildman–Crippen LogP) is -1.44. The van der Waals surface area contributed by atoms with Gasteiger partial charge in [-0.1, -0.05) is 60.7 Å². The van der Waals surface area contributed by atoms with E-state index in [1.54, 1.807) is 7.11 Å². The summed E-state index contributed by atoms with van der Waals surface area (Å²) < 4.78 is 10.3. The van der Waals surface area contributed by atoms with Crippen molar-refractivity contribution in [2.24, 2.45) is 0 Å². The number of benzene rings is 2. The van der Waals surface area contributed by atoms with Crippen LogP contribution >= 0.6 is 0 Å². The van der Waals surface area contributed by atoms with E-state index in [9.17, 15) is 24.4 Å². The predicted molar refractivity (Wildman–Crippen MR) is 143 cm³/mol. The zero-order valence-corrected chi connectivity index (χ0v) is 24.6. The van der Waals surface area contributed by atoms with Gasteiger partial charge in [0.15, 0.2) is 0 Å². The van der Waals surface area contributed by atoms with Gasteiger partial charge in [-0.2, -0.15) is 0 Å². The molecule has 0 aliphatic carbocycles. The average molecular weight is 549 g/mol. The van der Waals surface area contributed by atoms with Crippen LogP contribution in [0.5, 0.6) is 0 Å². The number of alkyl carbamates (subject to hydrolysis) is 1. The van der Waals surface area contributed by atoms with Gasteiger partial charge in [0, 0.05) is 26.7 Å². The van der Waals surface area contributed by atoms with E-state index in [0.29, 0.717) is 38.8 Å². The molecule has 2 aromatic carbocycles. The van der Waals surface area contributed by atoms with Gasteiger partial charge in [0.1, 0.15) is 18.7 Å². The van der Waals surface area contributed by atoms with Crippen molar-refractivity contribution < 1.29 is 64.9 Å². The summed E-state index contributed by atoms with van der Waals surface area (Å²) in [7, 11) is -0.198. The summed E-state index contributed by atoms with van der Waals surface area (Å²) >= 11 is 0. The van der Waals surface area contributed by atoms with E-state index >= 15 is 0 Å². The summed E-state index contributed by atoms with van der Waals surface area (Å²) in [5.41, 5.74) is 1.66. The van der Waals surface area contributed by atoms with E-state index in [0.717, 1.165) is 11.1 Å².